The molecule has 0 saturated heterocycles. The Labute approximate surface area is 137 Å². The molecule has 3 nitrogen and oxygen atoms in total. The Bertz CT molecular complexity index is 469. The van der Waals surface area contributed by atoms with Gasteiger partial charge < -0.3 is 9.64 Å². The molecule has 0 N–H and O–H groups in total. The fourth-order valence-corrected chi connectivity index (χ4v) is 2.99. The van der Waals surface area contributed by atoms with Crippen LogP contribution in [-0.4, -0.2) is 33.2 Å². The molecule has 0 aliphatic rings. The van der Waals surface area contributed by atoms with Crippen molar-refractivity contribution in [1.29, 1.82) is 0 Å². The topological polar surface area (TPSA) is 29.5 Å². The van der Waals surface area contributed by atoms with Gasteiger partial charge in [0, 0.05) is 23.8 Å². The lowest BCUT2D eigenvalue weighted by atomic mass is 10.1. The molecule has 1 rings (SSSR count). The highest BCUT2D eigenvalue weighted by Gasteiger charge is 2.27. The van der Waals surface area contributed by atoms with Gasteiger partial charge in [0.05, 0.1) is 6.61 Å². The third-order valence-corrected chi connectivity index (χ3v) is 3.98. The molecule has 5 heteroatoms. The number of thioether (sulfide) groups is 1. The minimum Gasteiger partial charge on any atom is -0.479 e. The first-order chi connectivity index (χ1) is 9.84. The molecule has 0 fully saturated rings. The molecule has 21 heavy (non-hydrogen) atoms. The van der Waals surface area contributed by atoms with E-state index in [-0.39, 0.29) is 15.2 Å². The van der Waals surface area contributed by atoms with Crippen LogP contribution in [0, 0.1) is 0 Å². The number of amides is 1. The zero-order valence-corrected chi connectivity index (χ0v) is 14.7. The molecule has 0 bridgehead atoms. The molecule has 0 atom stereocenters. The molecule has 0 heterocycles. The summed E-state index contributed by atoms with van der Waals surface area (Å²) in [6, 6.07) is 10.2. The molecule has 0 radical (unpaired) electrons. The van der Waals surface area contributed by atoms with Crippen LogP contribution in [0.4, 0.5) is 4.79 Å². The zero-order valence-electron chi connectivity index (χ0n) is 13.1. The zero-order chi connectivity index (χ0) is 15.9. The second-order valence-corrected chi connectivity index (χ2v) is 7.16. The summed E-state index contributed by atoms with van der Waals surface area (Å²) in [4.78, 5) is 14.3. The van der Waals surface area contributed by atoms with Crippen LogP contribution >= 0.6 is 24.0 Å². The van der Waals surface area contributed by atoms with E-state index in [1.54, 1.807) is 0 Å². The highest BCUT2D eigenvalue weighted by molar-refractivity contribution is 8.32. The van der Waals surface area contributed by atoms with E-state index < -0.39 is 0 Å². The Kier molecular flexibility index (Phi) is 7.18. The Morgan fingerprint density at radius 2 is 1.90 bits per heavy atom. The van der Waals surface area contributed by atoms with Crippen molar-refractivity contribution in [2.45, 2.75) is 39.7 Å². The quantitative estimate of drug-likeness (QED) is 0.762. The summed E-state index contributed by atoms with van der Waals surface area (Å²) < 4.78 is 5.47. The fourth-order valence-electron chi connectivity index (χ4n) is 1.86. The molecular weight excluding hydrogens is 302 g/mol. The third-order valence-electron chi connectivity index (χ3n) is 2.93. The standard InChI is InChI=1S/C16H23NO2S2/c1-5-19-15(20)21-14(18)17(16(2,3)4)12-11-13-9-7-6-8-10-13/h6-10H,5,11-12H2,1-4H3. The van der Waals surface area contributed by atoms with E-state index in [4.69, 9.17) is 17.0 Å². The molecule has 1 aromatic rings. The van der Waals surface area contributed by atoms with Crippen molar-refractivity contribution in [3.05, 3.63) is 35.9 Å². The molecular formula is C16H23NO2S2. The minimum absolute atomic E-state index is 0.0584. The SMILES string of the molecule is CCOC(=S)SC(=O)N(CCc1ccccc1)C(C)(C)C. The van der Waals surface area contributed by atoms with E-state index in [0.29, 0.717) is 13.2 Å². The van der Waals surface area contributed by atoms with Crippen molar-refractivity contribution in [3.63, 3.8) is 0 Å². The van der Waals surface area contributed by atoms with Gasteiger partial charge in [-0.1, -0.05) is 30.3 Å². The number of carbonyl (C=O) groups is 1. The first-order valence-electron chi connectivity index (χ1n) is 7.04. The van der Waals surface area contributed by atoms with Crippen LogP contribution in [-0.2, 0) is 11.2 Å². The number of benzene rings is 1. The van der Waals surface area contributed by atoms with Crippen molar-refractivity contribution in [3.8, 4) is 0 Å². The van der Waals surface area contributed by atoms with Crippen molar-refractivity contribution in [2.75, 3.05) is 13.2 Å². The average molecular weight is 325 g/mol. The van der Waals surface area contributed by atoms with Gasteiger partial charge in [-0.25, -0.2) is 0 Å². The van der Waals surface area contributed by atoms with Crippen molar-refractivity contribution >= 4 is 33.6 Å². The number of nitrogens with zero attached hydrogens (tertiary/aromatic N) is 1. The Hall–Kier alpha value is -1.07. The van der Waals surface area contributed by atoms with Crippen LogP contribution in [0.15, 0.2) is 30.3 Å². The van der Waals surface area contributed by atoms with E-state index in [1.165, 1.54) is 5.56 Å². The van der Waals surface area contributed by atoms with Crippen LogP contribution < -0.4 is 0 Å². The Morgan fingerprint density at radius 1 is 1.29 bits per heavy atom. The van der Waals surface area contributed by atoms with Gasteiger partial charge in [0.2, 0.25) is 4.38 Å². The summed E-state index contributed by atoms with van der Waals surface area (Å²) in [5, 5.41) is -0.0584. The van der Waals surface area contributed by atoms with Crippen molar-refractivity contribution in [2.24, 2.45) is 0 Å². The van der Waals surface area contributed by atoms with Gasteiger partial charge in [-0.3, -0.25) is 4.79 Å². The number of thiocarbonyl (C=S) groups is 1. The molecule has 1 amide bonds. The normalized spacial score (nSPS) is 11.0. The van der Waals surface area contributed by atoms with Gasteiger partial charge in [-0.2, -0.15) is 0 Å². The van der Waals surface area contributed by atoms with Gasteiger partial charge in [-0.05, 0) is 51.9 Å². The highest BCUT2D eigenvalue weighted by atomic mass is 32.2. The van der Waals surface area contributed by atoms with E-state index in [2.05, 4.69) is 12.1 Å². The maximum absolute atomic E-state index is 12.4. The Balaban J connectivity index is 2.68. The van der Waals surface area contributed by atoms with Crippen LogP contribution in [0.5, 0.6) is 0 Å². The highest BCUT2D eigenvalue weighted by Crippen LogP contribution is 2.22. The summed E-state index contributed by atoms with van der Waals surface area (Å²) in [6.45, 7) is 9.08. The van der Waals surface area contributed by atoms with Gasteiger partial charge in [0.15, 0.2) is 0 Å². The number of rotatable bonds is 4. The van der Waals surface area contributed by atoms with Gasteiger partial charge in [-0.15, -0.1) is 0 Å². The number of hydrogen-bond donors (Lipinski definition) is 0. The summed E-state index contributed by atoms with van der Waals surface area (Å²) in [7, 11) is 0. The lowest BCUT2D eigenvalue weighted by molar-refractivity contribution is 0.169. The van der Waals surface area contributed by atoms with Crippen LogP contribution in [0.25, 0.3) is 0 Å². The molecule has 1 aromatic carbocycles. The van der Waals surface area contributed by atoms with Crippen LogP contribution in [0.2, 0.25) is 0 Å². The summed E-state index contributed by atoms with van der Waals surface area (Å²) in [6.07, 6.45) is 0.825. The molecule has 0 spiro atoms. The summed E-state index contributed by atoms with van der Waals surface area (Å²) >= 11 is 6.03. The lowest BCUT2D eigenvalue weighted by Crippen LogP contribution is -2.45. The van der Waals surface area contributed by atoms with Crippen molar-refractivity contribution < 1.29 is 9.53 Å². The fraction of sp³-hybridized carbons (Fsp3) is 0.500. The number of ether oxygens (including phenoxy) is 1. The van der Waals surface area contributed by atoms with Crippen molar-refractivity contribution in [1.82, 2.24) is 4.90 Å². The first-order valence-corrected chi connectivity index (χ1v) is 8.27. The predicted molar refractivity (Wildman–Crippen MR) is 93.8 cm³/mol. The first kappa shape index (κ1) is 18.0. The van der Waals surface area contributed by atoms with Crippen LogP contribution in [0.1, 0.15) is 33.3 Å². The average Bonchev–Trinajstić information content (AvgIpc) is 2.38. The van der Waals surface area contributed by atoms with E-state index >= 15 is 0 Å². The Morgan fingerprint density at radius 3 is 2.43 bits per heavy atom. The van der Waals surface area contributed by atoms with E-state index in [1.807, 2.05) is 50.8 Å². The van der Waals surface area contributed by atoms with Gasteiger partial charge in [0.1, 0.15) is 0 Å². The lowest BCUT2D eigenvalue weighted by Gasteiger charge is -2.35. The second kappa shape index (κ2) is 8.39. The minimum atomic E-state index is -0.249. The molecule has 0 saturated carbocycles. The molecule has 0 unspecified atom stereocenters. The number of hydrogen-bond acceptors (Lipinski definition) is 4. The maximum Gasteiger partial charge on any atom is 0.290 e. The monoisotopic (exact) mass is 325 g/mol. The number of carbonyl (C=O) groups excluding carboxylic acids is 1. The molecule has 116 valence electrons. The van der Waals surface area contributed by atoms with E-state index in [0.717, 1.165) is 18.2 Å². The smallest absolute Gasteiger partial charge is 0.290 e. The van der Waals surface area contributed by atoms with Gasteiger partial charge in [0.25, 0.3) is 5.24 Å². The van der Waals surface area contributed by atoms with E-state index in [9.17, 15) is 4.79 Å². The largest absolute Gasteiger partial charge is 0.479 e. The maximum atomic E-state index is 12.4. The third kappa shape index (κ3) is 6.48. The summed E-state index contributed by atoms with van der Waals surface area (Å²) in [5.74, 6) is 0. The van der Waals surface area contributed by atoms with Crippen LogP contribution in [0.3, 0.4) is 0 Å². The summed E-state index contributed by atoms with van der Waals surface area (Å²) in [5.41, 5.74) is 0.970. The van der Waals surface area contributed by atoms with Gasteiger partial charge >= 0.3 is 0 Å². The molecule has 0 aliphatic heterocycles. The molecule has 0 aromatic heterocycles. The molecule has 0 aliphatic carbocycles. The second-order valence-electron chi connectivity index (χ2n) is 5.61. The predicted octanol–water partition coefficient (Wildman–Crippen LogP) is 4.50.